The van der Waals surface area contributed by atoms with Gasteiger partial charge >= 0.3 is 0 Å². The molecule has 0 saturated carbocycles. The smallest absolute Gasteiger partial charge is 0.169 e. The van der Waals surface area contributed by atoms with E-state index in [1.165, 1.54) is 0 Å². The van der Waals surface area contributed by atoms with Crippen molar-refractivity contribution in [3.8, 4) is 0 Å². The second-order valence-corrected chi connectivity index (χ2v) is 2.89. The van der Waals surface area contributed by atoms with Crippen molar-refractivity contribution in [2.75, 3.05) is 0 Å². The van der Waals surface area contributed by atoms with Gasteiger partial charge < -0.3 is 0 Å². The molecular weight excluding hydrogens is 178 g/mol. The highest BCUT2D eigenvalue weighted by molar-refractivity contribution is 5.94. The first-order valence-corrected chi connectivity index (χ1v) is 4.15. The van der Waals surface area contributed by atoms with E-state index in [9.17, 15) is 9.59 Å². The zero-order valence-corrected chi connectivity index (χ0v) is 7.31. The summed E-state index contributed by atoms with van der Waals surface area (Å²) in [5, 5.41) is 0.861. The summed E-state index contributed by atoms with van der Waals surface area (Å²) in [5.41, 5.74) is 1.25. The summed E-state index contributed by atoms with van der Waals surface area (Å²) in [7, 11) is 0. The first kappa shape index (κ1) is 8.56. The Morgan fingerprint density at radius 1 is 1.07 bits per heavy atom. The van der Waals surface area contributed by atoms with Gasteiger partial charge in [0.1, 0.15) is 5.69 Å². The van der Waals surface area contributed by atoms with Crippen LogP contribution < -0.4 is 0 Å². The summed E-state index contributed by atoms with van der Waals surface area (Å²) in [4.78, 5) is 25.3. The molecule has 0 saturated heterocycles. The topological polar surface area (TPSA) is 47.0 Å². The Bertz CT molecular complexity index is 459. The van der Waals surface area contributed by atoms with Crippen LogP contribution in [0.4, 0.5) is 0 Å². The molecule has 3 nitrogen and oxygen atoms in total. The van der Waals surface area contributed by atoms with Crippen LogP contribution in [-0.2, 0) is 0 Å². The molecule has 1 aromatic carbocycles. The van der Waals surface area contributed by atoms with Gasteiger partial charge in [-0.2, -0.15) is 0 Å². The third-order valence-corrected chi connectivity index (χ3v) is 2.02. The van der Waals surface area contributed by atoms with Crippen molar-refractivity contribution in [3.05, 3.63) is 41.6 Å². The molecule has 0 N–H and O–H groups in total. The van der Waals surface area contributed by atoms with Gasteiger partial charge in [-0.25, -0.2) is 4.98 Å². The second kappa shape index (κ2) is 3.38. The molecular formula is C11H7NO2. The molecule has 0 atom stereocenters. The first-order valence-electron chi connectivity index (χ1n) is 4.15. The van der Waals surface area contributed by atoms with Crippen LogP contribution in [0.3, 0.4) is 0 Å². The van der Waals surface area contributed by atoms with Crippen LogP contribution in [-0.4, -0.2) is 17.6 Å². The van der Waals surface area contributed by atoms with Crippen LogP contribution in [0.5, 0.6) is 0 Å². The lowest BCUT2D eigenvalue weighted by Crippen LogP contribution is -1.95. The highest BCUT2D eigenvalue weighted by Gasteiger charge is 2.03. The van der Waals surface area contributed by atoms with Crippen LogP contribution in [0.15, 0.2) is 30.3 Å². The first-order chi connectivity index (χ1) is 6.85. The molecule has 2 rings (SSSR count). The third-order valence-electron chi connectivity index (χ3n) is 2.02. The molecule has 1 aromatic heterocycles. The molecule has 0 bridgehead atoms. The van der Waals surface area contributed by atoms with E-state index in [1.807, 2.05) is 18.2 Å². The quantitative estimate of drug-likeness (QED) is 0.671. The molecule has 0 spiro atoms. The van der Waals surface area contributed by atoms with E-state index in [-0.39, 0.29) is 5.69 Å². The molecule has 1 heterocycles. The number of aromatic nitrogens is 1. The Hall–Kier alpha value is -2.03. The van der Waals surface area contributed by atoms with E-state index in [1.54, 1.807) is 12.1 Å². The number of pyridine rings is 1. The molecule has 0 amide bonds. The summed E-state index contributed by atoms with van der Waals surface area (Å²) in [6.45, 7) is 0. The number of benzene rings is 1. The highest BCUT2D eigenvalue weighted by atomic mass is 16.1. The number of carbonyl (C=O) groups is 2. The lowest BCUT2D eigenvalue weighted by molar-refractivity contribution is 0.109. The lowest BCUT2D eigenvalue weighted by atomic mass is 10.1. The number of rotatable bonds is 2. The van der Waals surface area contributed by atoms with Gasteiger partial charge in [-0.1, -0.05) is 18.2 Å². The minimum absolute atomic E-state index is 0.193. The molecule has 0 unspecified atom stereocenters. The summed E-state index contributed by atoms with van der Waals surface area (Å²) in [6, 6.07) is 9.02. The summed E-state index contributed by atoms with van der Waals surface area (Å²) in [5.74, 6) is 0. The molecule has 14 heavy (non-hydrogen) atoms. The third kappa shape index (κ3) is 1.29. The van der Waals surface area contributed by atoms with E-state index >= 15 is 0 Å². The number of hydrogen-bond donors (Lipinski definition) is 0. The van der Waals surface area contributed by atoms with Crippen molar-refractivity contribution >= 4 is 23.5 Å². The Kier molecular flexibility index (Phi) is 2.07. The Morgan fingerprint density at radius 3 is 2.57 bits per heavy atom. The maximum absolute atomic E-state index is 10.6. The predicted molar refractivity (Wildman–Crippen MR) is 52.5 cm³/mol. The Balaban J connectivity index is 2.81. The molecule has 2 aromatic rings. The van der Waals surface area contributed by atoms with Crippen molar-refractivity contribution in [2.45, 2.75) is 0 Å². The number of hydrogen-bond acceptors (Lipinski definition) is 3. The van der Waals surface area contributed by atoms with Gasteiger partial charge in [-0.3, -0.25) is 9.59 Å². The minimum atomic E-state index is 0.193. The number of para-hydroxylation sites is 1. The molecule has 3 heteroatoms. The zero-order valence-electron chi connectivity index (χ0n) is 7.31. The zero-order chi connectivity index (χ0) is 9.97. The van der Waals surface area contributed by atoms with Crippen LogP contribution >= 0.6 is 0 Å². The maximum atomic E-state index is 10.6. The van der Waals surface area contributed by atoms with E-state index in [0.717, 1.165) is 10.9 Å². The van der Waals surface area contributed by atoms with Crippen molar-refractivity contribution in [2.24, 2.45) is 0 Å². The van der Waals surface area contributed by atoms with E-state index in [0.29, 0.717) is 18.1 Å². The van der Waals surface area contributed by atoms with Crippen molar-refractivity contribution in [1.82, 2.24) is 4.98 Å². The van der Waals surface area contributed by atoms with Gasteiger partial charge in [0.2, 0.25) is 0 Å². The number of fused-ring (bicyclic) bond motifs is 1. The fourth-order valence-electron chi connectivity index (χ4n) is 1.34. The fraction of sp³-hybridized carbons (Fsp3) is 0. The molecule has 0 aliphatic rings. The molecule has 0 fully saturated rings. The van der Waals surface area contributed by atoms with Gasteiger partial charge in [0.25, 0.3) is 0 Å². The average molecular weight is 185 g/mol. The summed E-state index contributed by atoms with van der Waals surface area (Å²) < 4.78 is 0. The molecule has 0 aliphatic heterocycles. The largest absolute Gasteiger partial charge is 0.298 e. The number of carbonyl (C=O) groups excluding carboxylic acids is 2. The molecule has 68 valence electrons. The van der Waals surface area contributed by atoms with Gasteiger partial charge in [-0.05, 0) is 12.1 Å². The normalized spacial score (nSPS) is 10.0. The predicted octanol–water partition coefficient (Wildman–Crippen LogP) is 1.86. The Morgan fingerprint density at radius 2 is 1.86 bits per heavy atom. The van der Waals surface area contributed by atoms with Crippen molar-refractivity contribution in [3.63, 3.8) is 0 Å². The maximum Gasteiger partial charge on any atom is 0.169 e. The monoisotopic (exact) mass is 185 g/mol. The minimum Gasteiger partial charge on any atom is -0.298 e. The number of aldehydes is 2. The van der Waals surface area contributed by atoms with Crippen LogP contribution in [0.25, 0.3) is 10.9 Å². The number of nitrogens with zero attached hydrogens (tertiary/aromatic N) is 1. The van der Waals surface area contributed by atoms with Crippen molar-refractivity contribution < 1.29 is 9.59 Å². The van der Waals surface area contributed by atoms with Gasteiger partial charge in [0.15, 0.2) is 12.6 Å². The van der Waals surface area contributed by atoms with Gasteiger partial charge in [-0.15, -0.1) is 0 Å². The van der Waals surface area contributed by atoms with E-state index in [4.69, 9.17) is 0 Å². The van der Waals surface area contributed by atoms with Crippen LogP contribution in [0, 0.1) is 0 Å². The fourth-order valence-corrected chi connectivity index (χ4v) is 1.34. The van der Waals surface area contributed by atoms with E-state index in [2.05, 4.69) is 4.98 Å². The summed E-state index contributed by atoms with van der Waals surface area (Å²) >= 11 is 0. The molecule has 0 aliphatic carbocycles. The van der Waals surface area contributed by atoms with Crippen LogP contribution in [0.2, 0.25) is 0 Å². The Labute approximate surface area is 80.4 Å². The van der Waals surface area contributed by atoms with E-state index < -0.39 is 0 Å². The van der Waals surface area contributed by atoms with Crippen LogP contribution in [0.1, 0.15) is 20.8 Å². The second-order valence-electron chi connectivity index (χ2n) is 2.89. The van der Waals surface area contributed by atoms with Crippen molar-refractivity contribution in [1.29, 1.82) is 0 Å². The lowest BCUT2D eigenvalue weighted by Gasteiger charge is -1.99. The van der Waals surface area contributed by atoms with Gasteiger partial charge in [0.05, 0.1) is 5.52 Å². The molecule has 0 radical (unpaired) electrons. The SMILES string of the molecule is O=Cc1cc2ccccc2nc1C=O. The average Bonchev–Trinajstić information content (AvgIpc) is 2.27. The highest BCUT2D eigenvalue weighted by Crippen LogP contribution is 2.14. The summed E-state index contributed by atoms with van der Waals surface area (Å²) in [6.07, 6.45) is 1.24. The van der Waals surface area contributed by atoms with Gasteiger partial charge in [0, 0.05) is 10.9 Å². The standard InChI is InChI=1S/C11H7NO2/c13-6-9-5-8-3-1-2-4-10(8)12-11(9)7-14/h1-7H.